The molecule has 1 aliphatic heterocycles. The van der Waals surface area contributed by atoms with Gasteiger partial charge in [0.2, 0.25) is 0 Å². The molecule has 1 atom stereocenters. The Labute approximate surface area is 87.1 Å². The van der Waals surface area contributed by atoms with Gasteiger partial charge in [0.25, 0.3) is 0 Å². The van der Waals surface area contributed by atoms with Gasteiger partial charge < -0.3 is 0 Å². The van der Waals surface area contributed by atoms with Gasteiger partial charge in [-0.1, -0.05) is 6.07 Å². The summed E-state index contributed by atoms with van der Waals surface area (Å²) in [6, 6.07) is 6.66. The third-order valence-electron chi connectivity index (χ3n) is 2.60. The highest BCUT2D eigenvalue weighted by Gasteiger charge is 2.23. The lowest BCUT2D eigenvalue weighted by molar-refractivity contribution is 0.311. The Kier molecular flexibility index (Phi) is 2.65. The molecule has 1 aromatic heterocycles. The fraction of sp³-hybridized carbons (Fsp3) is 0.500. The zero-order valence-corrected chi connectivity index (χ0v) is 9.29. The minimum atomic E-state index is 0.525. The van der Waals surface area contributed by atoms with E-state index in [-0.39, 0.29) is 0 Å². The van der Waals surface area contributed by atoms with Crippen LogP contribution in [0.5, 0.6) is 0 Å². The lowest BCUT2D eigenvalue weighted by Gasteiger charge is -2.18. The van der Waals surface area contributed by atoms with Crippen molar-refractivity contribution >= 4 is 15.9 Å². The van der Waals surface area contributed by atoms with Gasteiger partial charge in [0, 0.05) is 0 Å². The van der Waals surface area contributed by atoms with E-state index in [1.54, 1.807) is 0 Å². The van der Waals surface area contributed by atoms with Crippen LogP contribution < -0.4 is 0 Å². The summed E-state index contributed by atoms with van der Waals surface area (Å²) in [4.78, 5) is 6.85. The number of halogens is 1. The second-order valence-corrected chi connectivity index (χ2v) is 4.34. The van der Waals surface area contributed by atoms with E-state index < -0.39 is 0 Å². The molecule has 70 valence electrons. The summed E-state index contributed by atoms with van der Waals surface area (Å²) in [6.07, 6.45) is 2.52. The number of hydrogen-bond donors (Lipinski definition) is 0. The lowest BCUT2D eigenvalue weighted by atomic mass is 10.1. The molecule has 0 bridgehead atoms. The van der Waals surface area contributed by atoms with Crippen LogP contribution in [0, 0.1) is 0 Å². The van der Waals surface area contributed by atoms with Crippen LogP contribution in [0.1, 0.15) is 24.6 Å². The fourth-order valence-corrected chi connectivity index (χ4v) is 2.25. The van der Waals surface area contributed by atoms with Gasteiger partial charge in [-0.3, -0.25) is 4.90 Å². The molecule has 13 heavy (non-hydrogen) atoms. The molecule has 0 spiro atoms. The van der Waals surface area contributed by atoms with Crippen LogP contribution in [0.3, 0.4) is 0 Å². The van der Waals surface area contributed by atoms with E-state index >= 15 is 0 Å². The summed E-state index contributed by atoms with van der Waals surface area (Å²) in [7, 11) is 2.17. The van der Waals surface area contributed by atoms with Gasteiger partial charge in [-0.25, -0.2) is 4.98 Å². The maximum absolute atomic E-state index is 4.48. The molecule has 1 fully saturated rings. The monoisotopic (exact) mass is 240 g/mol. The lowest BCUT2D eigenvalue weighted by Crippen LogP contribution is -2.18. The van der Waals surface area contributed by atoms with Crippen LogP contribution in [-0.2, 0) is 0 Å². The van der Waals surface area contributed by atoms with Gasteiger partial charge in [0.15, 0.2) is 0 Å². The third-order valence-corrected chi connectivity index (χ3v) is 3.04. The molecule has 0 aliphatic carbocycles. The number of rotatable bonds is 1. The first kappa shape index (κ1) is 9.16. The Balaban J connectivity index is 2.24. The maximum atomic E-state index is 4.48. The Morgan fingerprint density at radius 2 is 2.38 bits per heavy atom. The number of aromatic nitrogens is 1. The number of hydrogen-bond acceptors (Lipinski definition) is 2. The van der Waals surface area contributed by atoms with Crippen LogP contribution in [0.4, 0.5) is 0 Å². The second kappa shape index (κ2) is 3.76. The van der Waals surface area contributed by atoms with Crippen molar-refractivity contribution in [3.63, 3.8) is 0 Å². The molecule has 3 heteroatoms. The van der Waals surface area contributed by atoms with Gasteiger partial charge in [0.05, 0.1) is 11.7 Å². The van der Waals surface area contributed by atoms with E-state index in [0.29, 0.717) is 6.04 Å². The van der Waals surface area contributed by atoms with E-state index in [1.807, 2.05) is 6.07 Å². The summed E-state index contributed by atoms with van der Waals surface area (Å²) >= 11 is 3.40. The normalized spacial score (nSPS) is 23.7. The summed E-state index contributed by atoms with van der Waals surface area (Å²) in [5, 5.41) is 0. The molecule has 0 aromatic carbocycles. The Morgan fingerprint density at radius 1 is 1.54 bits per heavy atom. The first-order chi connectivity index (χ1) is 6.27. The van der Waals surface area contributed by atoms with Gasteiger partial charge in [-0.15, -0.1) is 0 Å². The van der Waals surface area contributed by atoms with Crippen LogP contribution in [0.2, 0.25) is 0 Å². The first-order valence-corrected chi connectivity index (χ1v) is 5.39. The Morgan fingerprint density at radius 3 is 3.00 bits per heavy atom. The number of pyridine rings is 1. The largest absolute Gasteiger partial charge is 0.298 e. The molecule has 2 nitrogen and oxygen atoms in total. The molecule has 0 saturated carbocycles. The number of nitrogens with zero attached hydrogens (tertiary/aromatic N) is 2. The van der Waals surface area contributed by atoms with E-state index in [9.17, 15) is 0 Å². The molecule has 0 amide bonds. The molecule has 0 N–H and O–H groups in total. The van der Waals surface area contributed by atoms with Gasteiger partial charge in [-0.2, -0.15) is 0 Å². The van der Waals surface area contributed by atoms with Crippen molar-refractivity contribution in [2.24, 2.45) is 0 Å². The van der Waals surface area contributed by atoms with Crippen molar-refractivity contribution < 1.29 is 0 Å². The average Bonchev–Trinajstić information content (AvgIpc) is 2.51. The predicted octanol–water partition coefficient (Wildman–Crippen LogP) is 2.61. The van der Waals surface area contributed by atoms with Crippen molar-refractivity contribution in [2.45, 2.75) is 18.9 Å². The molecule has 2 heterocycles. The van der Waals surface area contributed by atoms with Crippen molar-refractivity contribution in [1.29, 1.82) is 0 Å². The molecule has 1 unspecified atom stereocenters. The minimum Gasteiger partial charge on any atom is -0.298 e. The smallest absolute Gasteiger partial charge is 0.106 e. The fourth-order valence-electron chi connectivity index (χ4n) is 1.89. The zero-order valence-electron chi connectivity index (χ0n) is 7.70. The Hall–Kier alpha value is -0.410. The highest BCUT2D eigenvalue weighted by Crippen LogP contribution is 2.29. The number of likely N-dealkylation sites (tertiary alicyclic amines) is 1. The standard InChI is InChI=1S/C10H13BrN2/c1-13-7-3-5-9(13)8-4-2-6-10(11)12-8/h2,4,6,9H,3,5,7H2,1H3. The molecule has 2 rings (SSSR count). The maximum Gasteiger partial charge on any atom is 0.106 e. The topological polar surface area (TPSA) is 16.1 Å². The highest BCUT2D eigenvalue weighted by atomic mass is 79.9. The van der Waals surface area contributed by atoms with E-state index in [2.05, 4.69) is 45.0 Å². The van der Waals surface area contributed by atoms with Crippen LogP contribution in [-0.4, -0.2) is 23.5 Å². The molecule has 0 radical (unpaired) electrons. The summed E-state index contributed by atoms with van der Waals surface area (Å²) in [5.41, 5.74) is 1.19. The van der Waals surface area contributed by atoms with Crippen molar-refractivity contribution in [3.8, 4) is 0 Å². The van der Waals surface area contributed by atoms with Crippen LogP contribution >= 0.6 is 15.9 Å². The molecular weight excluding hydrogens is 228 g/mol. The van der Waals surface area contributed by atoms with E-state index in [4.69, 9.17) is 0 Å². The van der Waals surface area contributed by atoms with Crippen LogP contribution in [0.15, 0.2) is 22.8 Å². The quantitative estimate of drug-likeness (QED) is 0.702. The van der Waals surface area contributed by atoms with Crippen LogP contribution in [0.25, 0.3) is 0 Å². The third kappa shape index (κ3) is 1.92. The van der Waals surface area contributed by atoms with Gasteiger partial charge in [0.1, 0.15) is 4.60 Å². The van der Waals surface area contributed by atoms with Gasteiger partial charge in [-0.05, 0) is 54.5 Å². The molecule has 1 saturated heterocycles. The summed E-state index contributed by atoms with van der Waals surface area (Å²) < 4.78 is 0.935. The van der Waals surface area contributed by atoms with E-state index in [1.165, 1.54) is 25.1 Å². The predicted molar refractivity (Wildman–Crippen MR) is 56.5 cm³/mol. The zero-order chi connectivity index (χ0) is 9.26. The SMILES string of the molecule is CN1CCCC1c1cccc(Br)n1. The van der Waals surface area contributed by atoms with Crippen molar-refractivity contribution in [3.05, 3.63) is 28.5 Å². The second-order valence-electron chi connectivity index (χ2n) is 3.52. The molecular formula is C10H13BrN2. The summed E-state index contributed by atoms with van der Waals surface area (Å²) in [5.74, 6) is 0. The molecule has 1 aliphatic rings. The summed E-state index contributed by atoms with van der Waals surface area (Å²) in [6.45, 7) is 1.19. The van der Waals surface area contributed by atoms with Crippen molar-refractivity contribution in [2.75, 3.05) is 13.6 Å². The van der Waals surface area contributed by atoms with Crippen molar-refractivity contribution in [1.82, 2.24) is 9.88 Å². The van der Waals surface area contributed by atoms with E-state index in [0.717, 1.165) is 4.60 Å². The average molecular weight is 241 g/mol. The molecule has 1 aromatic rings. The van der Waals surface area contributed by atoms with Gasteiger partial charge >= 0.3 is 0 Å². The first-order valence-electron chi connectivity index (χ1n) is 4.60. The highest BCUT2D eigenvalue weighted by molar-refractivity contribution is 9.10. The Bertz CT molecular complexity index is 301. The minimum absolute atomic E-state index is 0.525.